The predicted molar refractivity (Wildman–Crippen MR) is 199 cm³/mol. The Kier molecular flexibility index (Phi) is 11.0. The smallest absolute Gasteiger partial charge is 0.317 e. The van der Waals surface area contributed by atoms with E-state index in [1.807, 2.05) is 0 Å². The third kappa shape index (κ3) is 6.13. The van der Waals surface area contributed by atoms with E-state index in [0.717, 1.165) is 25.7 Å². The molecule has 14 heteroatoms. The molecule has 19 atom stereocenters. The van der Waals surface area contributed by atoms with Crippen LogP contribution in [0.15, 0.2) is 11.6 Å². The minimum Gasteiger partial charge on any atom is -0.432 e. The molecule has 0 spiro atoms. The van der Waals surface area contributed by atoms with Gasteiger partial charge in [0, 0.05) is 0 Å². The van der Waals surface area contributed by atoms with E-state index in [-0.39, 0.29) is 45.5 Å². The van der Waals surface area contributed by atoms with Crippen LogP contribution in [-0.4, -0.2) is 139 Å². The first-order valence-corrected chi connectivity index (χ1v) is 20.9. The molecule has 0 aromatic carbocycles. The fourth-order valence-corrected chi connectivity index (χ4v) is 13.7. The van der Waals surface area contributed by atoms with Crippen LogP contribution in [0.1, 0.15) is 106 Å². The summed E-state index contributed by atoms with van der Waals surface area (Å²) in [5.74, 6) is -0.627. The zero-order valence-corrected chi connectivity index (χ0v) is 34.1. The Bertz CT molecular complexity index is 1520. The van der Waals surface area contributed by atoms with Crippen molar-refractivity contribution in [3.63, 3.8) is 0 Å². The highest BCUT2D eigenvalue weighted by Crippen LogP contribution is 2.76. The van der Waals surface area contributed by atoms with Crippen LogP contribution in [0.2, 0.25) is 0 Å². The SMILES string of the molecule is CC1(C)CC[C@]2(C(=O)O[C@@H]3O[C@H](CO)[C@@H](O)[C@H](O)[C@H]3O)[C@@H](O)C[C@]3(C)C(=CC[C@@H]4[C@@]5(C)CC[C@H](O[C@@H]6O[C@H](CO)[C@@H](O)[C@H](O)[C@H]6O)C(C)(C)[C@@H]5CC[C@]43C)[C@@H]2C1. The second kappa shape index (κ2) is 14.4. The summed E-state index contributed by atoms with van der Waals surface area (Å²) in [4.78, 5) is 14.6. The molecule has 0 bridgehead atoms. The number of hydrogen-bond acceptors (Lipinski definition) is 14. The molecule has 56 heavy (non-hydrogen) atoms. The molecule has 0 aromatic heterocycles. The summed E-state index contributed by atoms with van der Waals surface area (Å²) < 4.78 is 23.7. The average molecular weight is 797 g/mol. The highest BCUT2D eigenvalue weighted by atomic mass is 16.7. The molecular formula is C42H68O14. The monoisotopic (exact) mass is 796 g/mol. The number of fused-ring (bicyclic) bond motifs is 7. The van der Waals surface area contributed by atoms with Crippen LogP contribution in [-0.2, 0) is 23.7 Å². The van der Waals surface area contributed by atoms with Crippen LogP contribution in [0.5, 0.6) is 0 Å². The number of carbonyl (C=O) groups excluding carboxylic acids is 1. The molecule has 2 aliphatic heterocycles. The Labute approximate surface area is 330 Å². The van der Waals surface area contributed by atoms with Crippen molar-refractivity contribution in [2.24, 2.45) is 50.2 Å². The van der Waals surface area contributed by atoms with Gasteiger partial charge in [-0.05, 0) is 103 Å². The van der Waals surface area contributed by atoms with E-state index in [1.165, 1.54) is 5.57 Å². The molecule has 320 valence electrons. The number of rotatable bonds is 6. The van der Waals surface area contributed by atoms with Crippen molar-refractivity contribution in [1.82, 2.24) is 0 Å². The van der Waals surface area contributed by atoms with Gasteiger partial charge in [-0.1, -0.05) is 60.1 Å². The minimum absolute atomic E-state index is 0.135. The van der Waals surface area contributed by atoms with Crippen LogP contribution in [0.4, 0.5) is 0 Å². The van der Waals surface area contributed by atoms with Crippen LogP contribution < -0.4 is 0 Å². The van der Waals surface area contributed by atoms with E-state index in [4.69, 9.17) is 18.9 Å². The van der Waals surface area contributed by atoms with Crippen LogP contribution in [0, 0.1) is 50.2 Å². The third-order valence-electron chi connectivity index (χ3n) is 17.2. The predicted octanol–water partition coefficient (Wildman–Crippen LogP) is 1.29. The van der Waals surface area contributed by atoms with Gasteiger partial charge in [0.05, 0.1) is 25.4 Å². The molecule has 7 rings (SSSR count). The van der Waals surface area contributed by atoms with Gasteiger partial charge >= 0.3 is 5.97 Å². The summed E-state index contributed by atoms with van der Waals surface area (Å²) in [5, 5.41) is 95.2. The molecule has 9 N–H and O–H groups in total. The Morgan fingerprint density at radius 2 is 1.30 bits per heavy atom. The molecule has 5 aliphatic carbocycles. The number of ether oxygens (including phenoxy) is 4. The second-order valence-corrected chi connectivity index (χ2v) is 20.8. The van der Waals surface area contributed by atoms with E-state index >= 15 is 0 Å². The van der Waals surface area contributed by atoms with Crippen molar-refractivity contribution < 1.29 is 69.7 Å². The summed E-state index contributed by atoms with van der Waals surface area (Å²) in [5.41, 5.74) is -1.53. The first-order valence-electron chi connectivity index (χ1n) is 20.9. The summed E-state index contributed by atoms with van der Waals surface area (Å²) in [6.45, 7) is 14.6. The first kappa shape index (κ1) is 42.8. The maximum absolute atomic E-state index is 14.6. The fourth-order valence-electron chi connectivity index (χ4n) is 13.7. The van der Waals surface area contributed by atoms with Crippen molar-refractivity contribution in [3.8, 4) is 0 Å². The van der Waals surface area contributed by atoms with E-state index in [2.05, 4.69) is 54.5 Å². The van der Waals surface area contributed by atoms with Crippen LogP contribution in [0.3, 0.4) is 0 Å². The Morgan fingerprint density at radius 1 is 0.714 bits per heavy atom. The highest BCUT2D eigenvalue weighted by molar-refractivity contribution is 5.80. The Balaban J connectivity index is 1.18. The topological polar surface area (TPSA) is 236 Å². The molecule has 0 unspecified atom stereocenters. The van der Waals surface area contributed by atoms with Gasteiger partial charge < -0.3 is 64.9 Å². The van der Waals surface area contributed by atoms with Crippen molar-refractivity contribution in [2.45, 2.75) is 180 Å². The van der Waals surface area contributed by atoms with E-state index in [0.29, 0.717) is 32.1 Å². The lowest BCUT2D eigenvalue weighted by Gasteiger charge is -2.71. The third-order valence-corrected chi connectivity index (χ3v) is 17.2. The summed E-state index contributed by atoms with van der Waals surface area (Å²) in [6.07, 6.45) is -7.67. The van der Waals surface area contributed by atoms with Gasteiger partial charge in [0.1, 0.15) is 54.2 Å². The average Bonchev–Trinajstić information content (AvgIpc) is 3.13. The molecule has 14 nitrogen and oxygen atoms in total. The van der Waals surface area contributed by atoms with Gasteiger partial charge in [0.15, 0.2) is 6.29 Å². The van der Waals surface area contributed by atoms with Crippen LogP contribution in [0.25, 0.3) is 0 Å². The lowest BCUT2D eigenvalue weighted by atomic mass is 9.33. The summed E-state index contributed by atoms with van der Waals surface area (Å²) in [7, 11) is 0. The lowest BCUT2D eigenvalue weighted by Crippen LogP contribution is -2.68. The summed E-state index contributed by atoms with van der Waals surface area (Å²) >= 11 is 0. The van der Waals surface area contributed by atoms with Crippen LogP contribution >= 0.6 is 0 Å². The minimum atomic E-state index is -1.75. The number of esters is 1. The number of hydrogen-bond donors (Lipinski definition) is 9. The maximum atomic E-state index is 14.6. The van der Waals surface area contributed by atoms with Gasteiger partial charge in [0.25, 0.3) is 0 Å². The van der Waals surface area contributed by atoms with Crippen molar-refractivity contribution in [2.75, 3.05) is 13.2 Å². The first-order chi connectivity index (χ1) is 26.0. The standard InChI is InChI=1S/C42H68O14/c1-37(2)14-15-42(36(52)56-35-33(51)31(49)29(47)23(19-44)54-35)21(16-37)20-8-9-25-39(5)12-11-27(55-34-32(50)30(48)28(46)22(18-43)53-34)38(3,4)24(39)10-13-40(25,6)41(20,7)17-26(42)45/h8,21-35,43-51H,9-19H2,1-7H3/t21-,22+,23+,24-,25+,26-,27-,28+,29+,30-,31-,32+,33+,34-,35-,39-,40+,41+,42+/m0/s1. The molecule has 2 saturated heterocycles. The molecule has 7 aliphatic rings. The lowest BCUT2D eigenvalue weighted by molar-refractivity contribution is -0.330. The van der Waals surface area contributed by atoms with E-state index < -0.39 is 97.5 Å². The fraction of sp³-hybridized carbons (Fsp3) is 0.929. The molecule has 0 radical (unpaired) electrons. The van der Waals surface area contributed by atoms with Gasteiger partial charge in [-0.25, -0.2) is 0 Å². The molecule has 4 saturated carbocycles. The molecule has 2 heterocycles. The normalized spacial score (nSPS) is 53.7. The van der Waals surface area contributed by atoms with Gasteiger partial charge in [-0.15, -0.1) is 0 Å². The van der Waals surface area contributed by atoms with Crippen molar-refractivity contribution in [1.29, 1.82) is 0 Å². The number of aliphatic hydroxyl groups excluding tert-OH is 9. The Hall–Kier alpha value is -1.27. The van der Waals surface area contributed by atoms with Gasteiger partial charge in [-0.3, -0.25) is 4.79 Å². The Morgan fingerprint density at radius 3 is 1.91 bits per heavy atom. The number of carbonyl (C=O) groups is 1. The van der Waals surface area contributed by atoms with Gasteiger partial charge in [-0.2, -0.15) is 0 Å². The largest absolute Gasteiger partial charge is 0.432 e. The zero-order valence-electron chi connectivity index (χ0n) is 34.1. The number of aliphatic hydroxyl groups is 9. The van der Waals surface area contributed by atoms with E-state index in [1.54, 1.807) is 0 Å². The second-order valence-electron chi connectivity index (χ2n) is 20.8. The van der Waals surface area contributed by atoms with E-state index in [9.17, 15) is 50.8 Å². The zero-order chi connectivity index (χ0) is 41.1. The van der Waals surface area contributed by atoms with Crippen molar-refractivity contribution in [3.05, 3.63) is 11.6 Å². The molecule has 0 aromatic rings. The molecule has 0 amide bonds. The van der Waals surface area contributed by atoms with Crippen molar-refractivity contribution >= 4 is 5.97 Å². The number of allylic oxidation sites excluding steroid dienone is 2. The van der Waals surface area contributed by atoms with Gasteiger partial charge in [0.2, 0.25) is 6.29 Å². The molecular weight excluding hydrogens is 728 g/mol. The maximum Gasteiger partial charge on any atom is 0.317 e. The summed E-state index contributed by atoms with van der Waals surface area (Å²) in [6, 6.07) is 0. The molecule has 6 fully saturated rings. The quantitative estimate of drug-likeness (QED) is 0.105. The highest BCUT2D eigenvalue weighted by Gasteiger charge is 2.72.